The fourth-order valence-electron chi connectivity index (χ4n) is 1.81. The number of aryl methyl sites for hydroxylation is 1. The number of nitrogens with zero attached hydrogens (tertiary/aromatic N) is 1. The van der Waals surface area contributed by atoms with Gasteiger partial charge < -0.3 is 9.47 Å². The van der Waals surface area contributed by atoms with Crippen molar-refractivity contribution < 1.29 is 23.9 Å². The second-order valence-electron chi connectivity index (χ2n) is 4.86. The van der Waals surface area contributed by atoms with Crippen molar-refractivity contribution in [2.45, 2.75) is 33.3 Å². The topological polar surface area (TPSA) is 82.6 Å². The molecule has 6 nitrogen and oxygen atoms in total. The number of aromatic nitrogens is 1. The lowest BCUT2D eigenvalue weighted by molar-refractivity contribution is -0.145. The highest BCUT2D eigenvalue weighted by atomic mass is 32.1. The third-order valence-electron chi connectivity index (χ3n) is 2.95. The molecule has 128 valence electrons. The number of carbonyl (C=O) groups is 3. The highest BCUT2D eigenvalue weighted by Gasteiger charge is 2.14. The van der Waals surface area contributed by atoms with Crippen LogP contribution in [-0.4, -0.2) is 29.3 Å². The molecule has 0 aliphatic heterocycles. The van der Waals surface area contributed by atoms with Gasteiger partial charge in [0.15, 0.2) is 5.78 Å². The summed E-state index contributed by atoms with van der Waals surface area (Å²) in [7, 11) is 0. The summed E-state index contributed by atoms with van der Waals surface area (Å²) in [6.07, 6.45) is 0.134. The number of esters is 2. The molecule has 2 aromatic rings. The molecule has 0 fully saturated rings. The molecular formula is C16H17NO5S2. The molecule has 2 heterocycles. The van der Waals surface area contributed by atoms with Crippen LogP contribution in [0.25, 0.3) is 0 Å². The lowest BCUT2D eigenvalue weighted by atomic mass is 10.2. The number of rotatable bonds is 8. The molecule has 0 aliphatic rings. The Morgan fingerprint density at radius 3 is 2.62 bits per heavy atom. The molecule has 0 atom stereocenters. The zero-order chi connectivity index (χ0) is 17.5. The largest absolute Gasteiger partial charge is 0.461 e. The van der Waals surface area contributed by atoms with Gasteiger partial charge in [-0.1, -0.05) is 0 Å². The van der Waals surface area contributed by atoms with E-state index in [4.69, 9.17) is 9.47 Å². The predicted molar refractivity (Wildman–Crippen MR) is 90.5 cm³/mol. The van der Waals surface area contributed by atoms with E-state index in [2.05, 4.69) is 4.98 Å². The van der Waals surface area contributed by atoms with Gasteiger partial charge in [0.2, 0.25) is 5.01 Å². The van der Waals surface area contributed by atoms with Gasteiger partial charge in [-0.15, -0.1) is 22.7 Å². The predicted octanol–water partition coefficient (Wildman–Crippen LogP) is 3.40. The van der Waals surface area contributed by atoms with Crippen LogP contribution in [0.4, 0.5) is 0 Å². The molecular weight excluding hydrogens is 350 g/mol. The second-order valence-corrected chi connectivity index (χ2v) is 7.00. The van der Waals surface area contributed by atoms with Crippen molar-refractivity contribution >= 4 is 40.4 Å². The van der Waals surface area contributed by atoms with E-state index in [0.29, 0.717) is 10.6 Å². The highest BCUT2D eigenvalue weighted by Crippen LogP contribution is 2.18. The zero-order valence-corrected chi connectivity index (χ0v) is 15.0. The molecule has 8 heteroatoms. The molecule has 0 unspecified atom stereocenters. The molecule has 0 spiro atoms. The van der Waals surface area contributed by atoms with E-state index in [1.54, 1.807) is 18.4 Å². The van der Waals surface area contributed by atoms with Crippen LogP contribution in [-0.2, 0) is 20.9 Å². The van der Waals surface area contributed by atoms with Crippen LogP contribution in [0.2, 0.25) is 0 Å². The number of Topliss-reactive ketones (excluding diaryl/α,β-unsaturated/α-hetero) is 1. The van der Waals surface area contributed by atoms with Gasteiger partial charge in [0.25, 0.3) is 0 Å². The lowest BCUT2D eigenvalue weighted by Crippen LogP contribution is -2.08. The van der Waals surface area contributed by atoms with Crippen LogP contribution < -0.4 is 0 Å². The first-order valence-electron chi connectivity index (χ1n) is 7.36. The van der Waals surface area contributed by atoms with Gasteiger partial charge >= 0.3 is 11.9 Å². The number of thiazole rings is 1. The van der Waals surface area contributed by atoms with Crippen LogP contribution in [0.5, 0.6) is 0 Å². The van der Waals surface area contributed by atoms with Crippen molar-refractivity contribution in [1.29, 1.82) is 0 Å². The van der Waals surface area contributed by atoms with Crippen LogP contribution >= 0.6 is 22.7 Å². The molecule has 0 radical (unpaired) electrons. The number of carbonyl (C=O) groups excluding carboxylic acids is 3. The van der Waals surface area contributed by atoms with Gasteiger partial charge in [0.05, 0.1) is 23.6 Å². The van der Waals surface area contributed by atoms with Crippen LogP contribution in [0, 0.1) is 6.92 Å². The fraction of sp³-hybridized carbons (Fsp3) is 0.375. The summed E-state index contributed by atoms with van der Waals surface area (Å²) in [6, 6.07) is 3.64. The normalized spacial score (nSPS) is 10.4. The lowest BCUT2D eigenvalue weighted by Gasteiger charge is -2.02. The maximum atomic E-state index is 11.9. The maximum Gasteiger partial charge on any atom is 0.367 e. The van der Waals surface area contributed by atoms with Crippen molar-refractivity contribution in [3.63, 3.8) is 0 Å². The van der Waals surface area contributed by atoms with E-state index in [1.165, 1.54) is 11.3 Å². The third kappa shape index (κ3) is 5.24. The smallest absolute Gasteiger partial charge is 0.367 e. The minimum Gasteiger partial charge on any atom is -0.461 e. The summed E-state index contributed by atoms with van der Waals surface area (Å²) in [4.78, 5) is 40.9. The molecule has 0 saturated carbocycles. The second kappa shape index (κ2) is 8.70. The molecule has 24 heavy (non-hydrogen) atoms. The van der Waals surface area contributed by atoms with Crippen molar-refractivity contribution in [2.24, 2.45) is 0 Å². The Labute approximate surface area is 147 Å². The van der Waals surface area contributed by atoms with Gasteiger partial charge in [-0.25, -0.2) is 9.78 Å². The molecule has 0 amide bonds. The molecule has 0 aromatic carbocycles. The van der Waals surface area contributed by atoms with Crippen LogP contribution in [0.3, 0.4) is 0 Å². The Morgan fingerprint density at radius 1 is 1.17 bits per heavy atom. The molecule has 2 rings (SSSR count). The average Bonchev–Trinajstić information content (AvgIpc) is 3.20. The molecule has 0 aliphatic carbocycles. The Kier molecular flexibility index (Phi) is 6.62. The number of thiophene rings is 1. The number of hydrogen-bond donors (Lipinski definition) is 0. The van der Waals surface area contributed by atoms with Gasteiger partial charge in [-0.05, 0) is 26.0 Å². The van der Waals surface area contributed by atoms with Gasteiger partial charge in [-0.3, -0.25) is 9.59 Å². The molecule has 0 saturated heterocycles. The Morgan fingerprint density at radius 2 is 1.96 bits per heavy atom. The summed E-state index contributed by atoms with van der Waals surface area (Å²) in [5.74, 6) is -1.03. The summed E-state index contributed by atoms with van der Waals surface area (Å²) >= 11 is 2.55. The van der Waals surface area contributed by atoms with E-state index in [9.17, 15) is 14.4 Å². The van der Waals surface area contributed by atoms with Crippen molar-refractivity contribution in [1.82, 2.24) is 4.98 Å². The highest BCUT2D eigenvalue weighted by molar-refractivity contribution is 7.14. The Bertz CT molecular complexity index is 734. The summed E-state index contributed by atoms with van der Waals surface area (Å²) in [6.45, 7) is 3.89. The standard InChI is InChI=1S/C16H17NO5S2/c1-3-21-16(20)15-17-11(9-23-15)8-22-14(19)7-5-12(18)13-6-4-10(2)24-13/h4,6,9H,3,5,7-8H2,1-2H3. The monoisotopic (exact) mass is 367 g/mol. The van der Waals surface area contributed by atoms with Crippen molar-refractivity contribution in [3.05, 3.63) is 38.0 Å². The van der Waals surface area contributed by atoms with E-state index in [-0.39, 0.29) is 36.8 Å². The summed E-state index contributed by atoms with van der Waals surface area (Å²) < 4.78 is 9.92. The van der Waals surface area contributed by atoms with Gasteiger partial charge in [0.1, 0.15) is 6.61 Å². The zero-order valence-electron chi connectivity index (χ0n) is 13.4. The number of ketones is 1. The minimum absolute atomic E-state index is 0.0185. The first-order chi connectivity index (χ1) is 11.5. The number of hydrogen-bond acceptors (Lipinski definition) is 8. The van der Waals surface area contributed by atoms with E-state index < -0.39 is 11.9 Å². The van der Waals surface area contributed by atoms with Gasteiger partial charge in [0, 0.05) is 16.7 Å². The fourth-order valence-corrected chi connectivity index (χ4v) is 3.34. The molecule has 0 N–H and O–H groups in total. The molecule has 0 bridgehead atoms. The minimum atomic E-state index is -0.489. The molecule has 2 aromatic heterocycles. The van der Waals surface area contributed by atoms with Crippen molar-refractivity contribution in [3.8, 4) is 0 Å². The van der Waals surface area contributed by atoms with Crippen LogP contribution in [0.1, 0.15) is 49.8 Å². The summed E-state index contributed by atoms with van der Waals surface area (Å²) in [5.41, 5.74) is 0.483. The number of ether oxygens (including phenoxy) is 2. The summed E-state index contributed by atoms with van der Waals surface area (Å²) in [5, 5.41) is 1.87. The SMILES string of the molecule is CCOC(=O)c1nc(COC(=O)CCC(=O)c2ccc(C)s2)cs1. The van der Waals surface area contributed by atoms with E-state index in [0.717, 1.165) is 16.2 Å². The Hall–Kier alpha value is -2.06. The van der Waals surface area contributed by atoms with Crippen LogP contribution in [0.15, 0.2) is 17.5 Å². The quantitative estimate of drug-likeness (QED) is 0.525. The van der Waals surface area contributed by atoms with E-state index in [1.807, 2.05) is 13.0 Å². The first-order valence-corrected chi connectivity index (χ1v) is 9.06. The third-order valence-corrected chi connectivity index (χ3v) is 4.87. The maximum absolute atomic E-state index is 11.9. The van der Waals surface area contributed by atoms with Crippen molar-refractivity contribution in [2.75, 3.05) is 6.61 Å². The average molecular weight is 367 g/mol. The van der Waals surface area contributed by atoms with E-state index >= 15 is 0 Å². The Balaban J connectivity index is 1.75. The van der Waals surface area contributed by atoms with Gasteiger partial charge in [-0.2, -0.15) is 0 Å². The first kappa shape index (κ1) is 18.3.